The molecule has 1 saturated heterocycles. The third-order valence-corrected chi connectivity index (χ3v) is 3.88. The Kier molecular flexibility index (Phi) is 4.30. The molecule has 128 valence electrons. The summed E-state index contributed by atoms with van der Waals surface area (Å²) in [6, 6.07) is 7.69. The number of likely N-dealkylation sites (tertiary alicyclic amines) is 1. The number of carbonyl (C=O) groups is 1. The second kappa shape index (κ2) is 6.26. The number of hydrogen-bond acceptors (Lipinski definition) is 4. The van der Waals surface area contributed by atoms with Gasteiger partial charge >= 0.3 is 6.09 Å². The Hall–Kier alpha value is -2.37. The first-order valence-corrected chi connectivity index (χ1v) is 8.06. The molecule has 2 aromatic rings. The molecule has 0 radical (unpaired) electrons. The van der Waals surface area contributed by atoms with Crippen LogP contribution in [0.5, 0.6) is 0 Å². The van der Waals surface area contributed by atoms with Crippen LogP contribution in [0, 0.1) is 5.82 Å². The molecule has 1 aromatic heterocycles. The fourth-order valence-electron chi connectivity index (χ4n) is 2.80. The summed E-state index contributed by atoms with van der Waals surface area (Å²) in [6.07, 6.45) is 1.35. The van der Waals surface area contributed by atoms with Gasteiger partial charge in [0.15, 0.2) is 5.76 Å². The van der Waals surface area contributed by atoms with Gasteiger partial charge in [-0.3, -0.25) is 4.90 Å². The van der Waals surface area contributed by atoms with Gasteiger partial charge in [0.1, 0.15) is 17.1 Å². The Labute approximate surface area is 140 Å². The standard InChI is InChI=1S/C18H21FN2O3/c1-18(2,3)23-17(22)21-10-4-5-15(21)16-11-14(20-24-16)12-6-8-13(19)9-7-12/h6-9,11,15H,4-5,10H2,1-3H3. The van der Waals surface area contributed by atoms with Crippen molar-refractivity contribution < 1.29 is 18.4 Å². The largest absolute Gasteiger partial charge is 0.444 e. The minimum Gasteiger partial charge on any atom is -0.444 e. The normalized spacial score (nSPS) is 18.0. The SMILES string of the molecule is CC(C)(C)OC(=O)N1CCCC1c1cc(-c2ccc(F)cc2)no1. The summed E-state index contributed by atoms with van der Waals surface area (Å²) in [6.45, 7) is 6.16. The van der Waals surface area contributed by atoms with Crippen molar-refractivity contribution in [3.63, 3.8) is 0 Å². The highest BCUT2D eigenvalue weighted by molar-refractivity contribution is 5.69. The van der Waals surface area contributed by atoms with Crippen molar-refractivity contribution in [3.8, 4) is 11.3 Å². The molecule has 0 aliphatic carbocycles. The van der Waals surface area contributed by atoms with Crippen molar-refractivity contribution in [2.45, 2.75) is 45.3 Å². The first-order valence-electron chi connectivity index (χ1n) is 8.06. The average Bonchev–Trinajstić information content (AvgIpc) is 3.15. The van der Waals surface area contributed by atoms with Gasteiger partial charge < -0.3 is 9.26 Å². The molecule has 1 amide bonds. The molecule has 1 aliphatic rings. The van der Waals surface area contributed by atoms with E-state index in [2.05, 4.69) is 5.16 Å². The number of carbonyl (C=O) groups excluding carboxylic acids is 1. The average molecular weight is 332 g/mol. The molecule has 1 unspecified atom stereocenters. The van der Waals surface area contributed by atoms with Crippen molar-refractivity contribution in [2.24, 2.45) is 0 Å². The molecular weight excluding hydrogens is 311 g/mol. The summed E-state index contributed by atoms with van der Waals surface area (Å²) in [5.74, 6) is 0.326. The molecule has 1 aromatic carbocycles. The zero-order valence-corrected chi connectivity index (χ0v) is 14.1. The number of halogens is 1. The van der Waals surface area contributed by atoms with E-state index >= 15 is 0 Å². The fourth-order valence-corrected chi connectivity index (χ4v) is 2.80. The Bertz CT molecular complexity index is 719. The highest BCUT2D eigenvalue weighted by Gasteiger charge is 2.35. The highest BCUT2D eigenvalue weighted by Crippen LogP contribution is 2.35. The van der Waals surface area contributed by atoms with E-state index in [4.69, 9.17) is 9.26 Å². The Morgan fingerprint density at radius 3 is 2.71 bits per heavy atom. The zero-order valence-electron chi connectivity index (χ0n) is 14.1. The maximum Gasteiger partial charge on any atom is 0.410 e. The van der Waals surface area contributed by atoms with Crippen molar-refractivity contribution in [1.82, 2.24) is 10.1 Å². The van der Waals surface area contributed by atoms with E-state index < -0.39 is 5.60 Å². The molecule has 1 aliphatic heterocycles. The zero-order chi connectivity index (χ0) is 17.3. The first-order chi connectivity index (χ1) is 11.3. The monoisotopic (exact) mass is 332 g/mol. The molecule has 24 heavy (non-hydrogen) atoms. The maximum absolute atomic E-state index is 13.0. The van der Waals surface area contributed by atoms with Crippen molar-refractivity contribution in [3.05, 3.63) is 41.9 Å². The summed E-state index contributed by atoms with van der Waals surface area (Å²) in [5, 5.41) is 4.05. The Morgan fingerprint density at radius 2 is 2.04 bits per heavy atom. The van der Waals surface area contributed by atoms with E-state index in [1.54, 1.807) is 23.1 Å². The summed E-state index contributed by atoms with van der Waals surface area (Å²) in [5.41, 5.74) is 0.861. The molecule has 3 rings (SSSR count). The van der Waals surface area contributed by atoms with Gasteiger partial charge in [-0.15, -0.1) is 0 Å². The van der Waals surface area contributed by atoms with E-state index in [-0.39, 0.29) is 18.0 Å². The van der Waals surface area contributed by atoms with Crippen molar-refractivity contribution in [1.29, 1.82) is 0 Å². The number of benzene rings is 1. The lowest BCUT2D eigenvalue weighted by Gasteiger charge is -2.27. The van der Waals surface area contributed by atoms with E-state index in [9.17, 15) is 9.18 Å². The van der Waals surface area contributed by atoms with Gasteiger partial charge in [-0.2, -0.15) is 0 Å². The van der Waals surface area contributed by atoms with E-state index in [1.807, 2.05) is 20.8 Å². The summed E-state index contributed by atoms with van der Waals surface area (Å²) >= 11 is 0. The maximum atomic E-state index is 13.0. The van der Waals surface area contributed by atoms with Crippen LogP contribution in [-0.4, -0.2) is 28.3 Å². The lowest BCUT2D eigenvalue weighted by atomic mass is 10.1. The quantitative estimate of drug-likeness (QED) is 0.809. The van der Waals surface area contributed by atoms with Gasteiger partial charge in [-0.25, -0.2) is 9.18 Å². The van der Waals surface area contributed by atoms with Crippen molar-refractivity contribution >= 4 is 6.09 Å². The number of nitrogens with zero attached hydrogens (tertiary/aromatic N) is 2. The molecule has 0 N–H and O–H groups in total. The molecule has 6 heteroatoms. The van der Waals surface area contributed by atoms with E-state index in [0.717, 1.165) is 18.4 Å². The van der Waals surface area contributed by atoms with Gasteiger partial charge in [0.05, 0.1) is 6.04 Å². The van der Waals surface area contributed by atoms with Crippen LogP contribution >= 0.6 is 0 Å². The van der Waals surface area contributed by atoms with Crippen LogP contribution in [0.15, 0.2) is 34.9 Å². The van der Waals surface area contributed by atoms with Gasteiger partial charge in [0.25, 0.3) is 0 Å². The molecule has 0 saturated carbocycles. The minimum atomic E-state index is -0.537. The van der Waals surface area contributed by atoms with Gasteiger partial charge in [0.2, 0.25) is 0 Å². The topological polar surface area (TPSA) is 55.6 Å². The number of amides is 1. The van der Waals surface area contributed by atoms with Crippen molar-refractivity contribution in [2.75, 3.05) is 6.54 Å². The predicted octanol–water partition coefficient (Wildman–Crippen LogP) is 4.55. The van der Waals surface area contributed by atoms with Crippen LogP contribution in [0.1, 0.15) is 45.4 Å². The summed E-state index contributed by atoms with van der Waals surface area (Å²) < 4.78 is 23.9. The fraction of sp³-hybridized carbons (Fsp3) is 0.444. The van der Waals surface area contributed by atoms with E-state index in [0.29, 0.717) is 18.0 Å². The van der Waals surface area contributed by atoms with Crippen LogP contribution in [0.4, 0.5) is 9.18 Å². The van der Waals surface area contributed by atoms with Gasteiger partial charge in [0, 0.05) is 18.2 Å². The number of rotatable bonds is 2. The third-order valence-electron chi connectivity index (χ3n) is 3.88. The van der Waals surface area contributed by atoms with Crippen LogP contribution < -0.4 is 0 Å². The van der Waals surface area contributed by atoms with Gasteiger partial charge in [-0.05, 0) is 57.9 Å². The molecule has 2 heterocycles. The second-order valence-electron chi connectivity index (χ2n) is 6.95. The third kappa shape index (κ3) is 3.58. The van der Waals surface area contributed by atoms with Crippen LogP contribution in [0.2, 0.25) is 0 Å². The summed E-state index contributed by atoms with van der Waals surface area (Å²) in [4.78, 5) is 14.0. The number of ether oxygens (including phenoxy) is 1. The second-order valence-corrected chi connectivity index (χ2v) is 6.95. The Morgan fingerprint density at radius 1 is 1.33 bits per heavy atom. The molecule has 5 nitrogen and oxygen atoms in total. The number of hydrogen-bond donors (Lipinski definition) is 0. The van der Waals surface area contributed by atoms with E-state index in [1.165, 1.54) is 12.1 Å². The summed E-state index contributed by atoms with van der Waals surface area (Å²) in [7, 11) is 0. The highest BCUT2D eigenvalue weighted by atomic mass is 19.1. The molecule has 0 bridgehead atoms. The van der Waals surface area contributed by atoms with Crippen LogP contribution in [0.25, 0.3) is 11.3 Å². The Balaban J connectivity index is 1.78. The minimum absolute atomic E-state index is 0.179. The lowest BCUT2D eigenvalue weighted by molar-refractivity contribution is 0.0204. The molecule has 1 fully saturated rings. The lowest BCUT2D eigenvalue weighted by Crippen LogP contribution is -2.36. The predicted molar refractivity (Wildman–Crippen MR) is 86.8 cm³/mol. The molecule has 1 atom stereocenters. The smallest absolute Gasteiger partial charge is 0.410 e. The molecule has 0 spiro atoms. The molecular formula is C18H21FN2O3. The van der Waals surface area contributed by atoms with Gasteiger partial charge in [-0.1, -0.05) is 5.16 Å². The van der Waals surface area contributed by atoms with Crippen LogP contribution in [-0.2, 0) is 4.74 Å². The van der Waals surface area contributed by atoms with Crippen LogP contribution in [0.3, 0.4) is 0 Å². The first kappa shape index (κ1) is 16.5. The number of aromatic nitrogens is 1.